The Labute approximate surface area is 123 Å². The van der Waals surface area contributed by atoms with Gasteiger partial charge in [-0.05, 0) is 60.4 Å². The molecular formula is C17H18FNO2. The zero-order valence-corrected chi connectivity index (χ0v) is 11.9. The Morgan fingerprint density at radius 2 is 1.76 bits per heavy atom. The number of benzene rings is 2. The standard InChI is InChI=1S/C17H18FNO2/c1-2-12-9-13(3-8-17(19)20)11-16(10-12)21-15-6-4-14(18)5-7-15/h4-7,9-11H,2-3,8H2,1H3,(H2,19,20). The van der Waals surface area contributed by atoms with E-state index in [2.05, 4.69) is 6.92 Å². The predicted molar refractivity (Wildman–Crippen MR) is 79.8 cm³/mol. The first-order valence-electron chi connectivity index (χ1n) is 6.91. The molecule has 0 radical (unpaired) electrons. The van der Waals surface area contributed by atoms with Gasteiger partial charge in [0.1, 0.15) is 17.3 Å². The molecule has 3 nitrogen and oxygen atoms in total. The molecule has 0 saturated carbocycles. The lowest BCUT2D eigenvalue weighted by Gasteiger charge is -2.10. The zero-order valence-electron chi connectivity index (χ0n) is 11.9. The van der Waals surface area contributed by atoms with Gasteiger partial charge in [0.25, 0.3) is 0 Å². The molecule has 4 heteroatoms. The molecule has 0 aliphatic rings. The molecule has 2 aromatic carbocycles. The van der Waals surface area contributed by atoms with Crippen molar-refractivity contribution in [3.8, 4) is 11.5 Å². The van der Waals surface area contributed by atoms with Crippen molar-refractivity contribution in [3.63, 3.8) is 0 Å². The number of nitrogens with two attached hydrogens (primary N) is 1. The Balaban J connectivity index is 2.19. The highest BCUT2D eigenvalue weighted by molar-refractivity contribution is 5.74. The van der Waals surface area contributed by atoms with Crippen LogP contribution in [0.1, 0.15) is 24.5 Å². The highest BCUT2D eigenvalue weighted by Crippen LogP contribution is 2.25. The molecule has 0 unspecified atom stereocenters. The van der Waals surface area contributed by atoms with Crippen LogP contribution in [0.5, 0.6) is 11.5 Å². The molecule has 1 amide bonds. The summed E-state index contributed by atoms with van der Waals surface area (Å²) in [5.41, 5.74) is 7.31. The number of carbonyl (C=O) groups is 1. The fraction of sp³-hybridized carbons (Fsp3) is 0.235. The minimum absolute atomic E-state index is 0.299. The zero-order chi connectivity index (χ0) is 15.2. The van der Waals surface area contributed by atoms with E-state index in [9.17, 15) is 9.18 Å². The van der Waals surface area contributed by atoms with E-state index in [1.807, 2.05) is 18.2 Å². The summed E-state index contributed by atoms with van der Waals surface area (Å²) in [5.74, 6) is 0.635. The average Bonchev–Trinajstić information content (AvgIpc) is 2.47. The van der Waals surface area contributed by atoms with Crippen LogP contribution in [-0.4, -0.2) is 5.91 Å². The smallest absolute Gasteiger partial charge is 0.217 e. The highest BCUT2D eigenvalue weighted by Gasteiger charge is 2.05. The van der Waals surface area contributed by atoms with E-state index in [-0.39, 0.29) is 11.7 Å². The SMILES string of the molecule is CCc1cc(CCC(N)=O)cc(Oc2ccc(F)cc2)c1. The molecule has 0 bridgehead atoms. The molecule has 0 aliphatic carbocycles. The fourth-order valence-electron chi connectivity index (χ4n) is 2.04. The third kappa shape index (κ3) is 4.60. The maximum absolute atomic E-state index is 12.9. The first kappa shape index (κ1) is 15.0. The molecule has 0 saturated heterocycles. The van der Waals surface area contributed by atoms with E-state index in [1.54, 1.807) is 12.1 Å². The normalized spacial score (nSPS) is 10.4. The number of halogens is 1. The van der Waals surface area contributed by atoms with Gasteiger partial charge in [-0.2, -0.15) is 0 Å². The van der Waals surface area contributed by atoms with E-state index in [0.29, 0.717) is 24.3 Å². The Bertz CT molecular complexity index is 623. The molecule has 2 aromatic rings. The van der Waals surface area contributed by atoms with E-state index in [4.69, 9.17) is 10.5 Å². The van der Waals surface area contributed by atoms with Gasteiger partial charge in [0.2, 0.25) is 5.91 Å². The third-order valence-corrected chi connectivity index (χ3v) is 3.14. The first-order chi connectivity index (χ1) is 10.1. The van der Waals surface area contributed by atoms with Crippen molar-refractivity contribution in [2.45, 2.75) is 26.2 Å². The minimum Gasteiger partial charge on any atom is -0.457 e. The first-order valence-corrected chi connectivity index (χ1v) is 6.91. The Hall–Kier alpha value is -2.36. The predicted octanol–water partition coefficient (Wildman–Crippen LogP) is 3.60. The third-order valence-electron chi connectivity index (χ3n) is 3.14. The molecule has 0 atom stereocenters. The van der Waals surface area contributed by atoms with Crippen LogP contribution in [0, 0.1) is 5.82 Å². The van der Waals surface area contributed by atoms with Crippen LogP contribution in [0.4, 0.5) is 4.39 Å². The van der Waals surface area contributed by atoms with Gasteiger partial charge in [-0.25, -0.2) is 4.39 Å². The lowest BCUT2D eigenvalue weighted by atomic mass is 10.0. The lowest BCUT2D eigenvalue weighted by Crippen LogP contribution is -2.11. The van der Waals surface area contributed by atoms with Gasteiger partial charge >= 0.3 is 0 Å². The number of ether oxygens (including phenoxy) is 1. The molecule has 2 N–H and O–H groups in total. The molecular weight excluding hydrogens is 269 g/mol. The van der Waals surface area contributed by atoms with Crippen LogP contribution in [-0.2, 0) is 17.6 Å². The largest absolute Gasteiger partial charge is 0.457 e. The topological polar surface area (TPSA) is 52.3 Å². The quantitative estimate of drug-likeness (QED) is 0.882. The van der Waals surface area contributed by atoms with Gasteiger partial charge in [-0.1, -0.05) is 13.0 Å². The Morgan fingerprint density at radius 3 is 2.38 bits per heavy atom. The van der Waals surface area contributed by atoms with Crippen molar-refractivity contribution >= 4 is 5.91 Å². The second kappa shape index (κ2) is 6.88. The molecule has 0 fully saturated rings. The lowest BCUT2D eigenvalue weighted by molar-refractivity contribution is -0.117. The van der Waals surface area contributed by atoms with Crippen molar-refractivity contribution in [1.29, 1.82) is 0 Å². The monoisotopic (exact) mass is 287 g/mol. The fourth-order valence-corrected chi connectivity index (χ4v) is 2.04. The second-order valence-electron chi connectivity index (χ2n) is 4.86. The summed E-state index contributed by atoms with van der Waals surface area (Å²) in [7, 11) is 0. The number of primary amides is 1. The molecule has 0 spiro atoms. The van der Waals surface area contributed by atoms with Crippen molar-refractivity contribution in [2.24, 2.45) is 5.73 Å². The number of hydrogen-bond donors (Lipinski definition) is 1. The Morgan fingerprint density at radius 1 is 1.10 bits per heavy atom. The van der Waals surface area contributed by atoms with Gasteiger partial charge in [-0.15, -0.1) is 0 Å². The van der Waals surface area contributed by atoms with E-state index in [1.165, 1.54) is 12.1 Å². The van der Waals surface area contributed by atoms with Crippen molar-refractivity contribution < 1.29 is 13.9 Å². The van der Waals surface area contributed by atoms with Gasteiger partial charge in [-0.3, -0.25) is 4.79 Å². The maximum atomic E-state index is 12.9. The molecule has 2 rings (SSSR count). The van der Waals surface area contributed by atoms with Crippen molar-refractivity contribution in [3.05, 3.63) is 59.4 Å². The molecule has 0 heterocycles. The Kier molecular flexibility index (Phi) is 4.93. The highest BCUT2D eigenvalue weighted by atomic mass is 19.1. The summed E-state index contributed by atoms with van der Waals surface area (Å²) in [6.07, 6.45) is 1.76. The van der Waals surface area contributed by atoms with Gasteiger partial charge in [0.05, 0.1) is 0 Å². The molecule has 0 aliphatic heterocycles. The summed E-state index contributed by atoms with van der Waals surface area (Å²) in [6.45, 7) is 2.05. The summed E-state index contributed by atoms with van der Waals surface area (Å²) in [4.78, 5) is 10.9. The van der Waals surface area contributed by atoms with Crippen LogP contribution in [0.3, 0.4) is 0 Å². The number of carbonyl (C=O) groups excluding carboxylic acids is 1. The second-order valence-corrected chi connectivity index (χ2v) is 4.86. The average molecular weight is 287 g/mol. The molecule has 21 heavy (non-hydrogen) atoms. The summed E-state index contributed by atoms with van der Waals surface area (Å²) in [6, 6.07) is 11.7. The van der Waals surface area contributed by atoms with Crippen molar-refractivity contribution in [2.75, 3.05) is 0 Å². The van der Waals surface area contributed by atoms with E-state index < -0.39 is 0 Å². The van der Waals surface area contributed by atoms with Crippen molar-refractivity contribution in [1.82, 2.24) is 0 Å². The number of aryl methyl sites for hydroxylation is 2. The summed E-state index contributed by atoms with van der Waals surface area (Å²) >= 11 is 0. The van der Waals surface area contributed by atoms with Crippen LogP contribution < -0.4 is 10.5 Å². The van der Waals surface area contributed by atoms with Crippen LogP contribution in [0.15, 0.2) is 42.5 Å². The van der Waals surface area contributed by atoms with Crippen LogP contribution >= 0.6 is 0 Å². The number of rotatable bonds is 6. The minimum atomic E-state index is -0.321. The number of amides is 1. The molecule has 0 aromatic heterocycles. The van der Waals surface area contributed by atoms with Gasteiger partial charge < -0.3 is 10.5 Å². The number of hydrogen-bond acceptors (Lipinski definition) is 2. The van der Waals surface area contributed by atoms with Crippen LogP contribution in [0.2, 0.25) is 0 Å². The summed E-state index contributed by atoms with van der Waals surface area (Å²) in [5, 5.41) is 0. The van der Waals surface area contributed by atoms with Gasteiger partial charge in [0, 0.05) is 6.42 Å². The van der Waals surface area contributed by atoms with Gasteiger partial charge in [0.15, 0.2) is 0 Å². The van der Waals surface area contributed by atoms with E-state index >= 15 is 0 Å². The summed E-state index contributed by atoms with van der Waals surface area (Å²) < 4.78 is 18.6. The van der Waals surface area contributed by atoms with Crippen LogP contribution in [0.25, 0.3) is 0 Å². The molecule has 110 valence electrons. The van der Waals surface area contributed by atoms with E-state index in [0.717, 1.165) is 17.5 Å². The maximum Gasteiger partial charge on any atom is 0.217 e.